The first-order chi connectivity index (χ1) is 9.16. The molecule has 1 saturated heterocycles. The molecule has 2 heterocycles. The fraction of sp³-hybridized carbons (Fsp3) is 0.800. The number of hydrogen-bond acceptors (Lipinski definition) is 3. The predicted octanol–water partition coefficient (Wildman–Crippen LogP) is 2.04. The summed E-state index contributed by atoms with van der Waals surface area (Å²) < 4.78 is 2.24. The lowest BCUT2D eigenvalue weighted by Gasteiger charge is -2.33. The highest BCUT2D eigenvalue weighted by molar-refractivity contribution is 4.89. The molecule has 108 valence electrons. The van der Waals surface area contributed by atoms with Crippen molar-refractivity contribution in [1.29, 1.82) is 0 Å². The molecule has 1 fully saturated rings. The van der Waals surface area contributed by atoms with Gasteiger partial charge in [0.15, 0.2) is 0 Å². The topological polar surface area (TPSA) is 33.1 Å². The van der Waals surface area contributed by atoms with Crippen LogP contribution in [0.4, 0.5) is 0 Å². The molecule has 1 aromatic rings. The molecule has 1 N–H and O–H groups in total. The highest BCUT2D eigenvalue weighted by Crippen LogP contribution is 2.10. The van der Waals surface area contributed by atoms with Gasteiger partial charge in [-0.15, -0.1) is 0 Å². The number of piperidine rings is 1. The molecule has 0 radical (unpaired) electrons. The Morgan fingerprint density at radius 2 is 2.32 bits per heavy atom. The molecule has 1 unspecified atom stereocenters. The van der Waals surface area contributed by atoms with Gasteiger partial charge in [-0.05, 0) is 40.2 Å². The summed E-state index contributed by atoms with van der Waals surface area (Å²) in [5, 5.41) is 3.65. The van der Waals surface area contributed by atoms with Crippen LogP contribution in [0.25, 0.3) is 0 Å². The van der Waals surface area contributed by atoms with E-state index >= 15 is 0 Å². The lowest BCUT2D eigenvalue weighted by Crippen LogP contribution is -2.46. The van der Waals surface area contributed by atoms with Crippen LogP contribution >= 0.6 is 0 Å². The lowest BCUT2D eigenvalue weighted by atomic mass is 10.0. The number of rotatable bonds is 6. The maximum Gasteiger partial charge on any atom is 0.105 e. The molecule has 4 nitrogen and oxygen atoms in total. The largest absolute Gasteiger partial charge is 0.334 e. The zero-order valence-corrected chi connectivity index (χ0v) is 12.6. The second-order valence-corrected chi connectivity index (χ2v) is 5.90. The molecule has 4 heteroatoms. The van der Waals surface area contributed by atoms with Crippen LogP contribution in [0, 0.1) is 6.92 Å². The average Bonchev–Trinajstić information content (AvgIpc) is 2.81. The summed E-state index contributed by atoms with van der Waals surface area (Å²) in [6, 6.07) is 1.28. The van der Waals surface area contributed by atoms with Gasteiger partial charge in [-0.3, -0.25) is 4.90 Å². The molecule has 0 aromatic carbocycles. The van der Waals surface area contributed by atoms with Gasteiger partial charge < -0.3 is 9.88 Å². The molecule has 0 amide bonds. The molecule has 0 saturated carbocycles. The van der Waals surface area contributed by atoms with E-state index in [0.29, 0.717) is 12.1 Å². The highest BCUT2D eigenvalue weighted by Gasteiger charge is 2.18. The van der Waals surface area contributed by atoms with E-state index in [-0.39, 0.29) is 0 Å². The van der Waals surface area contributed by atoms with Gasteiger partial charge in [-0.2, -0.15) is 0 Å². The zero-order chi connectivity index (χ0) is 13.7. The van der Waals surface area contributed by atoms with Crippen LogP contribution in [0.15, 0.2) is 12.4 Å². The predicted molar refractivity (Wildman–Crippen MR) is 79.3 cm³/mol. The minimum absolute atomic E-state index is 0.604. The monoisotopic (exact) mass is 264 g/mol. The molecule has 1 aliphatic heterocycles. The maximum atomic E-state index is 4.29. The van der Waals surface area contributed by atoms with Gasteiger partial charge in [0, 0.05) is 44.1 Å². The van der Waals surface area contributed by atoms with E-state index in [4.69, 9.17) is 0 Å². The van der Waals surface area contributed by atoms with Crippen molar-refractivity contribution in [3.63, 3.8) is 0 Å². The average molecular weight is 264 g/mol. The third kappa shape index (κ3) is 4.32. The fourth-order valence-corrected chi connectivity index (χ4v) is 2.80. The summed E-state index contributed by atoms with van der Waals surface area (Å²) in [5.41, 5.74) is 0. The van der Waals surface area contributed by atoms with Crippen LogP contribution in [0.3, 0.4) is 0 Å². The molecule has 0 spiro atoms. The second-order valence-electron chi connectivity index (χ2n) is 5.90. The maximum absolute atomic E-state index is 4.29. The molecular weight excluding hydrogens is 236 g/mol. The Balaban J connectivity index is 1.83. The number of hydrogen-bond donors (Lipinski definition) is 1. The zero-order valence-electron chi connectivity index (χ0n) is 12.6. The number of nitrogens with one attached hydrogen (secondary N) is 1. The Bertz CT molecular complexity index is 366. The van der Waals surface area contributed by atoms with E-state index in [1.807, 2.05) is 6.20 Å². The van der Waals surface area contributed by atoms with Crippen molar-refractivity contribution in [2.24, 2.45) is 0 Å². The van der Waals surface area contributed by atoms with Crippen molar-refractivity contribution in [3.8, 4) is 0 Å². The molecule has 1 aromatic heterocycles. The van der Waals surface area contributed by atoms with Gasteiger partial charge in [0.2, 0.25) is 0 Å². The smallest absolute Gasteiger partial charge is 0.105 e. The van der Waals surface area contributed by atoms with Crippen molar-refractivity contribution in [3.05, 3.63) is 18.2 Å². The fourth-order valence-electron chi connectivity index (χ4n) is 2.80. The van der Waals surface area contributed by atoms with Crippen molar-refractivity contribution in [2.75, 3.05) is 19.6 Å². The number of imidazole rings is 1. The number of nitrogens with zero attached hydrogens (tertiary/aromatic N) is 3. The summed E-state index contributed by atoms with van der Waals surface area (Å²) in [4.78, 5) is 6.87. The van der Waals surface area contributed by atoms with Crippen LogP contribution in [0.2, 0.25) is 0 Å². The standard InChI is InChI=1S/C15H28N4/c1-13(2)19(12-15-6-4-5-7-17-15)11-10-18-9-8-16-14(18)3/h8-9,13,15,17H,4-7,10-12H2,1-3H3. The molecule has 0 aliphatic carbocycles. The summed E-state index contributed by atoms with van der Waals surface area (Å²) >= 11 is 0. The van der Waals surface area contributed by atoms with E-state index in [0.717, 1.165) is 18.9 Å². The Labute approximate surface area is 117 Å². The number of aryl methyl sites for hydroxylation is 1. The van der Waals surface area contributed by atoms with Gasteiger partial charge >= 0.3 is 0 Å². The quantitative estimate of drug-likeness (QED) is 0.853. The van der Waals surface area contributed by atoms with Crippen LogP contribution in [-0.4, -0.2) is 46.2 Å². The Morgan fingerprint density at radius 3 is 2.89 bits per heavy atom. The lowest BCUT2D eigenvalue weighted by molar-refractivity contribution is 0.178. The van der Waals surface area contributed by atoms with E-state index in [1.165, 1.54) is 32.4 Å². The van der Waals surface area contributed by atoms with E-state index in [9.17, 15) is 0 Å². The summed E-state index contributed by atoms with van der Waals surface area (Å²) in [7, 11) is 0. The van der Waals surface area contributed by atoms with E-state index in [1.54, 1.807) is 0 Å². The highest BCUT2D eigenvalue weighted by atomic mass is 15.2. The Morgan fingerprint density at radius 1 is 1.47 bits per heavy atom. The first-order valence-corrected chi connectivity index (χ1v) is 7.62. The normalized spacial score (nSPS) is 20.4. The van der Waals surface area contributed by atoms with Gasteiger partial charge in [-0.1, -0.05) is 6.42 Å². The third-order valence-electron chi connectivity index (χ3n) is 4.15. The van der Waals surface area contributed by atoms with Gasteiger partial charge in [0.05, 0.1) is 0 Å². The number of aromatic nitrogens is 2. The summed E-state index contributed by atoms with van der Waals surface area (Å²) in [6.07, 6.45) is 8.01. The van der Waals surface area contributed by atoms with Gasteiger partial charge in [0.1, 0.15) is 5.82 Å². The molecule has 1 atom stereocenters. The van der Waals surface area contributed by atoms with Crippen LogP contribution in [0.5, 0.6) is 0 Å². The van der Waals surface area contributed by atoms with Crippen LogP contribution < -0.4 is 5.32 Å². The minimum atomic E-state index is 0.604. The molecule has 1 aliphatic rings. The molecule has 2 rings (SSSR count). The first kappa shape index (κ1) is 14.5. The molecule has 0 bridgehead atoms. The summed E-state index contributed by atoms with van der Waals surface area (Å²) in [6.45, 7) is 11.2. The van der Waals surface area contributed by atoms with Crippen LogP contribution in [0.1, 0.15) is 38.9 Å². The van der Waals surface area contributed by atoms with Crippen molar-refractivity contribution < 1.29 is 0 Å². The van der Waals surface area contributed by atoms with Crippen molar-refractivity contribution >= 4 is 0 Å². The van der Waals surface area contributed by atoms with Crippen molar-refractivity contribution in [1.82, 2.24) is 19.8 Å². The van der Waals surface area contributed by atoms with Crippen molar-refractivity contribution in [2.45, 2.75) is 58.7 Å². The summed E-state index contributed by atoms with van der Waals surface area (Å²) in [5.74, 6) is 1.11. The van der Waals surface area contributed by atoms with Gasteiger partial charge in [0.25, 0.3) is 0 Å². The van der Waals surface area contributed by atoms with Crippen LogP contribution in [-0.2, 0) is 6.54 Å². The van der Waals surface area contributed by atoms with E-state index < -0.39 is 0 Å². The minimum Gasteiger partial charge on any atom is -0.334 e. The third-order valence-corrected chi connectivity index (χ3v) is 4.15. The van der Waals surface area contributed by atoms with E-state index in [2.05, 4.69) is 46.7 Å². The Hall–Kier alpha value is -0.870. The Kier molecular flexibility index (Phi) is 5.40. The molecular formula is C15H28N4. The van der Waals surface area contributed by atoms with Gasteiger partial charge in [-0.25, -0.2) is 4.98 Å². The second kappa shape index (κ2) is 7.06. The first-order valence-electron chi connectivity index (χ1n) is 7.62. The SMILES string of the molecule is Cc1nccn1CCN(CC1CCCCN1)C(C)C. The molecule has 19 heavy (non-hydrogen) atoms.